The van der Waals surface area contributed by atoms with Crippen molar-refractivity contribution in [2.45, 2.75) is 0 Å². The summed E-state index contributed by atoms with van der Waals surface area (Å²) < 4.78 is 0.695. The Morgan fingerprint density at radius 3 is 2.69 bits per heavy atom. The zero-order chi connectivity index (χ0) is 10.0. The Morgan fingerprint density at radius 2 is 2.15 bits per heavy atom. The standard InChI is InChI=1S/C8H10BrN3O/c1-12(11)8(13)5-3-2-4-6(9)7(5)10/h2-4H,10-11H2,1H3. The van der Waals surface area contributed by atoms with Crippen LogP contribution >= 0.6 is 15.9 Å². The molecule has 0 aliphatic heterocycles. The molecule has 1 aromatic rings. The van der Waals surface area contributed by atoms with Gasteiger partial charge in [0.2, 0.25) is 0 Å². The summed E-state index contributed by atoms with van der Waals surface area (Å²) in [6.45, 7) is 0. The van der Waals surface area contributed by atoms with Gasteiger partial charge < -0.3 is 5.73 Å². The van der Waals surface area contributed by atoms with E-state index >= 15 is 0 Å². The predicted octanol–water partition coefficient (Wildman–Crippen LogP) is 0.977. The van der Waals surface area contributed by atoms with Crippen molar-refractivity contribution in [1.82, 2.24) is 5.01 Å². The normalized spacial score (nSPS) is 9.77. The highest BCUT2D eigenvalue weighted by Gasteiger charge is 2.12. The van der Waals surface area contributed by atoms with E-state index in [1.165, 1.54) is 7.05 Å². The number of carbonyl (C=O) groups is 1. The maximum absolute atomic E-state index is 11.4. The van der Waals surface area contributed by atoms with Gasteiger partial charge in [-0.15, -0.1) is 0 Å². The summed E-state index contributed by atoms with van der Waals surface area (Å²) in [5, 5.41) is 0.998. The summed E-state index contributed by atoms with van der Waals surface area (Å²) in [6, 6.07) is 5.13. The van der Waals surface area contributed by atoms with E-state index in [4.69, 9.17) is 11.6 Å². The molecular weight excluding hydrogens is 234 g/mol. The minimum atomic E-state index is -0.307. The second-order valence-electron chi connectivity index (χ2n) is 2.62. The van der Waals surface area contributed by atoms with Crippen LogP contribution in [0.15, 0.2) is 22.7 Å². The molecule has 0 spiro atoms. The van der Waals surface area contributed by atoms with Crippen LogP contribution in [0, 0.1) is 0 Å². The number of hydrogen-bond acceptors (Lipinski definition) is 3. The summed E-state index contributed by atoms with van der Waals surface area (Å²) in [7, 11) is 1.47. The van der Waals surface area contributed by atoms with Crippen molar-refractivity contribution in [2.24, 2.45) is 5.84 Å². The number of halogens is 1. The van der Waals surface area contributed by atoms with Gasteiger partial charge in [-0.05, 0) is 28.1 Å². The average Bonchev–Trinajstić information content (AvgIpc) is 2.08. The molecule has 0 fully saturated rings. The van der Waals surface area contributed by atoms with Gasteiger partial charge in [-0.25, -0.2) is 5.84 Å². The zero-order valence-electron chi connectivity index (χ0n) is 7.12. The summed E-state index contributed by atoms with van der Waals surface area (Å²) in [6.07, 6.45) is 0. The molecule has 1 amide bonds. The van der Waals surface area contributed by atoms with Gasteiger partial charge in [0.1, 0.15) is 0 Å². The van der Waals surface area contributed by atoms with Crippen molar-refractivity contribution >= 4 is 27.5 Å². The Kier molecular flexibility index (Phi) is 2.90. The maximum atomic E-state index is 11.4. The van der Waals surface area contributed by atoms with Crippen LogP contribution in [0.5, 0.6) is 0 Å². The van der Waals surface area contributed by atoms with Gasteiger partial charge in [0.05, 0.1) is 11.3 Å². The van der Waals surface area contributed by atoms with Crippen LogP contribution in [0.25, 0.3) is 0 Å². The number of hydrazine groups is 1. The second-order valence-corrected chi connectivity index (χ2v) is 3.47. The lowest BCUT2D eigenvalue weighted by Gasteiger charge is -2.12. The van der Waals surface area contributed by atoms with E-state index in [0.717, 1.165) is 5.01 Å². The molecule has 1 aromatic carbocycles. The Morgan fingerprint density at radius 1 is 1.54 bits per heavy atom. The highest BCUT2D eigenvalue weighted by molar-refractivity contribution is 9.10. The molecule has 0 aliphatic carbocycles. The SMILES string of the molecule is CN(N)C(=O)c1cccc(Br)c1N. The van der Waals surface area contributed by atoms with E-state index in [2.05, 4.69) is 15.9 Å². The number of rotatable bonds is 1. The molecule has 70 valence electrons. The Bertz CT molecular complexity index is 338. The summed E-state index contributed by atoms with van der Waals surface area (Å²) in [5.74, 6) is 4.99. The third-order valence-electron chi connectivity index (χ3n) is 1.60. The Balaban J connectivity index is 3.15. The predicted molar refractivity (Wildman–Crippen MR) is 54.8 cm³/mol. The van der Waals surface area contributed by atoms with E-state index in [1.54, 1.807) is 18.2 Å². The number of anilines is 1. The van der Waals surface area contributed by atoms with Crippen LogP contribution in [0.3, 0.4) is 0 Å². The fourth-order valence-corrected chi connectivity index (χ4v) is 1.28. The van der Waals surface area contributed by atoms with E-state index in [9.17, 15) is 4.79 Å². The number of amides is 1. The molecule has 5 heteroatoms. The molecule has 0 saturated heterocycles. The van der Waals surface area contributed by atoms with Crippen molar-refractivity contribution in [2.75, 3.05) is 12.8 Å². The molecule has 0 bridgehead atoms. The van der Waals surface area contributed by atoms with Gasteiger partial charge in [-0.3, -0.25) is 9.80 Å². The van der Waals surface area contributed by atoms with Crippen molar-refractivity contribution in [3.63, 3.8) is 0 Å². The van der Waals surface area contributed by atoms with E-state index in [0.29, 0.717) is 15.7 Å². The summed E-state index contributed by atoms with van der Waals surface area (Å²) in [5.41, 5.74) is 6.48. The molecule has 4 nitrogen and oxygen atoms in total. The quantitative estimate of drug-likeness (QED) is 0.334. The lowest BCUT2D eigenvalue weighted by Crippen LogP contribution is -2.33. The molecule has 0 heterocycles. The minimum absolute atomic E-state index is 0.307. The summed E-state index contributed by atoms with van der Waals surface area (Å²) in [4.78, 5) is 11.4. The molecule has 1 rings (SSSR count). The van der Waals surface area contributed by atoms with Crippen molar-refractivity contribution < 1.29 is 4.79 Å². The lowest BCUT2D eigenvalue weighted by atomic mass is 10.1. The largest absolute Gasteiger partial charge is 0.397 e. The molecule has 0 aromatic heterocycles. The van der Waals surface area contributed by atoms with E-state index in [1.807, 2.05) is 0 Å². The van der Waals surface area contributed by atoms with Gasteiger partial charge in [0.25, 0.3) is 5.91 Å². The summed E-state index contributed by atoms with van der Waals surface area (Å²) >= 11 is 3.23. The van der Waals surface area contributed by atoms with Gasteiger partial charge in [-0.1, -0.05) is 6.07 Å². The zero-order valence-corrected chi connectivity index (χ0v) is 8.71. The number of benzene rings is 1. The van der Waals surface area contributed by atoms with Gasteiger partial charge >= 0.3 is 0 Å². The van der Waals surface area contributed by atoms with Crippen LogP contribution in [0.1, 0.15) is 10.4 Å². The molecule has 4 N–H and O–H groups in total. The minimum Gasteiger partial charge on any atom is -0.397 e. The lowest BCUT2D eigenvalue weighted by molar-refractivity contribution is 0.0796. The van der Waals surface area contributed by atoms with Gasteiger partial charge in [0, 0.05) is 11.5 Å². The first-order valence-electron chi connectivity index (χ1n) is 3.60. The molecule has 13 heavy (non-hydrogen) atoms. The van der Waals surface area contributed by atoms with Gasteiger partial charge in [0.15, 0.2) is 0 Å². The number of nitrogens with zero attached hydrogens (tertiary/aromatic N) is 1. The molecular formula is C8H10BrN3O. The first-order valence-corrected chi connectivity index (χ1v) is 4.40. The maximum Gasteiger partial charge on any atom is 0.269 e. The number of nitrogen functional groups attached to an aromatic ring is 1. The Hall–Kier alpha value is -1.07. The molecule has 0 unspecified atom stereocenters. The number of para-hydroxylation sites is 1. The smallest absolute Gasteiger partial charge is 0.269 e. The molecule has 0 radical (unpaired) electrons. The highest BCUT2D eigenvalue weighted by Crippen LogP contribution is 2.23. The van der Waals surface area contributed by atoms with Crippen molar-refractivity contribution in [3.05, 3.63) is 28.2 Å². The first kappa shape index (κ1) is 10.0. The third-order valence-corrected chi connectivity index (χ3v) is 2.30. The molecule has 0 aliphatic rings. The van der Waals surface area contributed by atoms with Crippen LogP contribution in [-0.2, 0) is 0 Å². The van der Waals surface area contributed by atoms with Crippen molar-refractivity contribution in [3.8, 4) is 0 Å². The van der Waals surface area contributed by atoms with Crippen molar-refractivity contribution in [1.29, 1.82) is 0 Å². The van der Waals surface area contributed by atoms with E-state index in [-0.39, 0.29) is 5.91 Å². The van der Waals surface area contributed by atoms with Crippen LogP contribution in [0.4, 0.5) is 5.69 Å². The second kappa shape index (κ2) is 3.76. The number of nitrogens with two attached hydrogens (primary N) is 2. The van der Waals surface area contributed by atoms with Gasteiger partial charge in [-0.2, -0.15) is 0 Å². The first-order chi connectivity index (χ1) is 6.04. The van der Waals surface area contributed by atoms with Crippen LogP contribution in [0.2, 0.25) is 0 Å². The third kappa shape index (κ3) is 1.99. The van der Waals surface area contributed by atoms with Crippen LogP contribution in [-0.4, -0.2) is 18.0 Å². The van der Waals surface area contributed by atoms with E-state index < -0.39 is 0 Å². The van der Waals surface area contributed by atoms with Crippen LogP contribution < -0.4 is 11.6 Å². The average molecular weight is 244 g/mol. The fourth-order valence-electron chi connectivity index (χ4n) is 0.914. The Labute approximate surface area is 84.6 Å². The number of hydrogen-bond donors (Lipinski definition) is 2. The number of carbonyl (C=O) groups excluding carboxylic acids is 1. The fraction of sp³-hybridized carbons (Fsp3) is 0.125. The molecule has 0 atom stereocenters. The monoisotopic (exact) mass is 243 g/mol. The highest BCUT2D eigenvalue weighted by atomic mass is 79.9. The molecule has 0 saturated carbocycles. The topological polar surface area (TPSA) is 72.3 Å².